The third-order valence-corrected chi connectivity index (χ3v) is 5.77. The average Bonchev–Trinajstić information content (AvgIpc) is 2.88. The van der Waals surface area contributed by atoms with Crippen LogP contribution in [0.1, 0.15) is 12.8 Å². The van der Waals surface area contributed by atoms with E-state index in [2.05, 4.69) is 20.4 Å². The molecule has 0 spiro atoms. The van der Waals surface area contributed by atoms with Gasteiger partial charge in [0.15, 0.2) is 5.82 Å². The first-order valence-corrected chi connectivity index (χ1v) is 10.9. The van der Waals surface area contributed by atoms with E-state index >= 15 is 0 Å². The standard InChI is InChI=1S/C25H28N4O4/c1-31-20-8-6-17(7-9-20)23-10-11-24(28-27-23)29-12-4-5-18(16-29)25(30)26-19-13-21(32-2)15-22(14-19)33-3/h6-11,13-15,18H,4-5,12,16H2,1-3H3,(H,26,30). The van der Waals surface area contributed by atoms with Crippen LogP contribution in [0.2, 0.25) is 0 Å². The minimum absolute atomic E-state index is 0.0298. The lowest BCUT2D eigenvalue weighted by Gasteiger charge is -2.32. The van der Waals surface area contributed by atoms with E-state index in [0.29, 0.717) is 23.7 Å². The second kappa shape index (κ2) is 10.2. The Balaban J connectivity index is 1.42. The molecule has 1 unspecified atom stereocenters. The number of ether oxygens (including phenoxy) is 3. The normalized spacial score (nSPS) is 15.6. The molecule has 3 aromatic rings. The smallest absolute Gasteiger partial charge is 0.229 e. The summed E-state index contributed by atoms with van der Waals surface area (Å²) in [6.07, 6.45) is 1.72. The van der Waals surface area contributed by atoms with Crippen LogP contribution in [0, 0.1) is 5.92 Å². The summed E-state index contributed by atoms with van der Waals surface area (Å²) < 4.78 is 15.8. The highest BCUT2D eigenvalue weighted by atomic mass is 16.5. The number of anilines is 2. The van der Waals surface area contributed by atoms with E-state index in [9.17, 15) is 4.79 Å². The number of carbonyl (C=O) groups excluding carboxylic acids is 1. The molecule has 1 amide bonds. The van der Waals surface area contributed by atoms with Gasteiger partial charge >= 0.3 is 0 Å². The number of rotatable bonds is 7. The summed E-state index contributed by atoms with van der Waals surface area (Å²) in [5.41, 5.74) is 2.41. The fourth-order valence-corrected chi connectivity index (χ4v) is 3.93. The van der Waals surface area contributed by atoms with Gasteiger partial charge in [0.2, 0.25) is 5.91 Å². The van der Waals surface area contributed by atoms with E-state index in [4.69, 9.17) is 14.2 Å². The molecule has 2 heterocycles. The van der Waals surface area contributed by atoms with Crippen LogP contribution in [0.3, 0.4) is 0 Å². The van der Waals surface area contributed by atoms with Gasteiger partial charge < -0.3 is 24.4 Å². The largest absolute Gasteiger partial charge is 0.497 e. The molecule has 1 aliphatic heterocycles. The van der Waals surface area contributed by atoms with Gasteiger partial charge in [-0.2, -0.15) is 0 Å². The van der Waals surface area contributed by atoms with Gasteiger partial charge in [0, 0.05) is 42.5 Å². The summed E-state index contributed by atoms with van der Waals surface area (Å²) in [6, 6.07) is 17.0. The maximum absolute atomic E-state index is 13.0. The first kappa shape index (κ1) is 22.4. The van der Waals surface area contributed by atoms with Crippen LogP contribution in [0.25, 0.3) is 11.3 Å². The number of benzene rings is 2. The number of hydrogen-bond donors (Lipinski definition) is 1. The van der Waals surface area contributed by atoms with Crippen LogP contribution in [-0.4, -0.2) is 50.5 Å². The predicted octanol–water partition coefficient (Wildman–Crippen LogP) is 4.02. The zero-order valence-electron chi connectivity index (χ0n) is 19.1. The van der Waals surface area contributed by atoms with Crippen LogP contribution in [0.15, 0.2) is 54.6 Å². The lowest BCUT2D eigenvalue weighted by Crippen LogP contribution is -2.41. The summed E-state index contributed by atoms with van der Waals surface area (Å²) in [5.74, 6) is 2.64. The van der Waals surface area contributed by atoms with Crippen LogP contribution in [-0.2, 0) is 4.79 Å². The Labute approximate surface area is 193 Å². The minimum Gasteiger partial charge on any atom is -0.497 e. The minimum atomic E-state index is -0.154. The molecule has 172 valence electrons. The number of nitrogens with one attached hydrogen (secondary N) is 1. The third kappa shape index (κ3) is 5.34. The summed E-state index contributed by atoms with van der Waals surface area (Å²) in [6.45, 7) is 1.43. The number of aromatic nitrogens is 2. The summed E-state index contributed by atoms with van der Waals surface area (Å²) >= 11 is 0. The number of piperidine rings is 1. The molecule has 1 saturated heterocycles. The molecule has 33 heavy (non-hydrogen) atoms. The number of carbonyl (C=O) groups is 1. The van der Waals surface area contributed by atoms with Gasteiger partial charge in [0.1, 0.15) is 17.2 Å². The van der Waals surface area contributed by atoms with E-state index in [-0.39, 0.29) is 11.8 Å². The average molecular weight is 449 g/mol. The molecule has 1 fully saturated rings. The molecule has 8 heteroatoms. The maximum atomic E-state index is 13.0. The maximum Gasteiger partial charge on any atom is 0.229 e. The van der Waals surface area contributed by atoms with E-state index in [1.807, 2.05) is 36.4 Å². The summed E-state index contributed by atoms with van der Waals surface area (Å²) in [4.78, 5) is 15.1. The van der Waals surface area contributed by atoms with Gasteiger partial charge in [-0.15, -0.1) is 10.2 Å². The van der Waals surface area contributed by atoms with Gasteiger partial charge in [-0.3, -0.25) is 4.79 Å². The molecule has 0 bridgehead atoms. The van der Waals surface area contributed by atoms with Crippen molar-refractivity contribution >= 4 is 17.4 Å². The predicted molar refractivity (Wildman–Crippen MR) is 127 cm³/mol. The fraction of sp³-hybridized carbons (Fsp3) is 0.320. The SMILES string of the molecule is COc1ccc(-c2ccc(N3CCCC(C(=O)Nc4cc(OC)cc(OC)c4)C3)nn2)cc1. The van der Waals surface area contributed by atoms with Crippen molar-refractivity contribution in [3.05, 3.63) is 54.6 Å². The van der Waals surface area contributed by atoms with E-state index in [1.165, 1.54) is 0 Å². The molecule has 0 saturated carbocycles. The molecule has 0 radical (unpaired) electrons. The number of methoxy groups -OCH3 is 3. The Hall–Kier alpha value is -3.81. The first-order valence-electron chi connectivity index (χ1n) is 10.9. The summed E-state index contributed by atoms with van der Waals surface area (Å²) in [7, 11) is 4.81. The van der Waals surface area contributed by atoms with Crippen molar-refractivity contribution in [1.29, 1.82) is 0 Å². The third-order valence-electron chi connectivity index (χ3n) is 5.77. The lowest BCUT2D eigenvalue weighted by molar-refractivity contribution is -0.120. The highest BCUT2D eigenvalue weighted by Crippen LogP contribution is 2.28. The summed E-state index contributed by atoms with van der Waals surface area (Å²) in [5, 5.41) is 11.8. The van der Waals surface area contributed by atoms with Crippen LogP contribution >= 0.6 is 0 Å². The molecular weight excluding hydrogens is 420 g/mol. The molecule has 0 aliphatic carbocycles. The highest BCUT2D eigenvalue weighted by Gasteiger charge is 2.27. The molecule has 1 aliphatic rings. The molecule has 2 aromatic carbocycles. The van der Waals surface area contributed by atoms with E-state index in [0.717, 1.165) is 42.2 Å². The van der Waals surface area contributed by atoms with Crippen LogP contribution in [0.4, 0.5) is 11.5 Å². The Morgan fingerprint density at radius 3 is 2.21 bits per heavy atom. The van der Waals surface area contributed by atoms with Crippen molar-refractivity contribution in [2.24, 2.45) is 5.92 Å². The topological polar surface area (TPSA) is 85.8 Å². The molecule has 8 nitrogen and oxygen atoms in total. The van der Waals surface area contributed by atoms with Gasteiger partial charge in [-0.05, 0) is 49.2 Å². The van der Waals surface area contributed by atoms with Gasteiger partial charge in [-0.25, -0.2) is 0 Å². The van der Waals surface area contributed by atoms with E-state index < -0.39 is 0 Å². The van der Waals surface area contributed by atoms with Gasteiger partial charge in [0.05, 0.1) is 32.9 Å². The Kier molecular flexibility index (Phi) is 6.92. The second-order valence-electron chi connectivity index (χ2n) is 7.88. The number of amides is 1. The van der Waals surface area contributed by atoms with Crippen LogP contribution < -0.4 is 24.4 Å². The van der Waals surface area contributed by atoms with Crippen LogP contribution in [0.5, 0.6) is 17.2 Å². The van der Waals surface area contributed by atoms with Gasteiger partial charge in [0.25, 0.3) is 0 Å². The number of hydrogen-bond acceptors (Lipinski definition) is 7. The Bertz CT molecular complexity index is 1060. The molecule has 1 atom stereocenters. The monoisotopic (exact) mass is 448 g/mol. The molecule has 4 rings (SSSR count). The molecular formula is C25H28N4O4. The van der Waals surface area contributed by atoms with Crippen molar-refractivity contribution in [3.8, 4) is 28.5 Å². The van der Waals surface area contributed by atoms with Crippen molar-refractivity contribution in [2.75, 3.05) is 44.6 Å². The number of nitrogens with zero attached hydrogens (tertiary/aromatic N) is 3. The van der Waals surface area contributed by atoms with E-state index in [1.54, 1.807) is 39.5 Å². The zero-order valence-corrected chi connectivity index (χ0v) is 19.1. The zero-order chi connectivity index (χ0) is 23.2. The lowest BCUT2D eigenvalue weighted by atomic mass is 9.97. The van der Waals surface area contributed by atoms with Crippen molar-refractivity contribution < 1.29 is 19.0 Å². The first-order chi connectivity index (χ1) is 16.1. The molecule has 1 aromatic heterocycles. The van der Waals surface area contributed by atoms with Gasteiger partial charge in [-0.1, -0.05) is 0 Å². The van der Waals surface area contributed by atoms with Crippen molar-refractivity contribution in [3.63, 3.8) is 0 Å². The molecule has 1 N–H and O–H groups in total. The van der Waals surface area contributed by atoms with Crippen molar-refractivity contribution in [2.45, 2.75) is 12.8 Å². The van der Waals surface area contributed by atoms with Crippen molar-refractivity contribution in [1.82, 2.24) is 10.2 Å². The fourth-order valence-electron chi connectivity index (χ4n) is 3.93. The highest BCUT2D eigenvalue weighted by molar-refractivity contribution is 5.93. The second-order valence-corrected chi connectivity index (χ2v) is 7.88. The Morgan fingerprint density at radius 2 is 1.61 bits per heavy atom. The Morgan fingerprint density at radius 1 is 0.909 bits per heavy atom. The quantitative estimate of drug-likeness (QED) is 0.584.